The van der Waals surface area contributed by atoms with Gasteiger partial charge in [0.2, 0.25) is 0 Å². The number of allylic oxidation sites excluding steroid dienone is 1. The van der Waals surface area contributed by atoms with Crippen LogP contribution in [0.15, 0.2) is 48.7 Å². The van der Waals surface area contributed by atoms with Crippen molar-refractivity contribution in [1.29, 1.82) is 0 Å². The van der Waals surface area contributed by atoms with Gasteiger partial charge < -0.3 is 9.47 Å². The van der Waals surface area contributed by atoms with E-state index >= 15 is 0 Å². The van der Waals surface area contributed by atoms with Crippen LogP contribution in [0.3, 0.4) is 0 Å². The number of carbonyl (C=O) groups is 1. The Labute approximate surface area is 190 Å². The average molecular weight is 457 g/mol. The third kappa shape index (κ3) is 4.31. The number of esters is 1. The van der Waals surface area contributed by atoms with Crippen LogP contribution in [-0.4, -0.2) is 30.3 Å². The Morgan fingerprint density at radius 1 is 1.15 bits per heavy atom. The summed E-state index contributed by atoms with van der Waals surface area (Å²) < 4.78 is 50.3. The summed E-state index contributed by atoms with van der Waals surface area (Å²) >= 11 is 0. The first kappa shape index (κ1) is 22.1. The SMILES string of the molecule is C[C@H]1OC(=O)C2CC3COCCC3C(/C=C/c3ccc(-c4cccc(C(F)(F)F)c4)cn3)C21. The Kier molecular flexibility index (Phi) is 5.77. The Balaban J connectivity index is 1.38. The van der Waals surface area contributed by atoms with Crippen LogP contribution >= 0.6 is 0 Å². The van der Waals surface area contributed by atoms with Crippen molar-refractivity contribution in [2.75, 3.05) is 13.2 Å². The molecule has 2 aliphatic heterocycles. The maximum atomic E-state index is 13.0. The number of benzene rings is 1. The van der Waals surface area contributed by atoms with Crippen molar-refractivity contribution in [3.63, 3.8) is 0 Å². The van der Waals surface area contributed by atoms with Crippen LogP contribution < -0.4 is 0 Å². The molecule has 33 heavy (non-hydrogen) atoms. The maximum absolute atomic E-state index is 13.0. The molecular formula is C26H26F3NO3. The maximum Gasteiger partial charge on any atom is 0.416 e. The molecule has 0 bridgehead atoms. The number of alkyl halides is 3. The van der Waals surface area contributed by atoms with Crippen LogP contribution in [0.5, 0.6) is 0 Å². The van der Waals surface area contributed by atoms with Crippen molar-refractivity contribution in [1.82, 2.24) is 4.98 Å². The van der Waals surface area contributed by atoms with E-state index in [4.69, 9.17) is 9.47 Å². The summed E-state index contributed by atoms with van der Waals surface area (Å²) in [5, 5.41) is 0. The van der Waals surface area contributed by atoms with E-state index in [1.54, 1.807) is 18.3 Å². The normalized spacial score (nSPS) is 31.8. The lowest BCUT2D eigenvalue weighted by molar-refractivity contribution is -0.145. The van der Waals surface area contributed by atoms with Gasteiger partial charge in [-0.15, -0.1) is 0 Å². The van der Waals surface area contributed by atoms with E-state index in [9.17, 15) is 18.0 Å². The highest BCUT2D eigenvalue weighted by Gasteiger charge is 2.54. The Morgan fingerprint density at radius 2 is 2.00 bits per heavy atom. The Bertz CT molecular complexity index is 1050. The second-order valence-electron chi connectivity index (χ2n) is 9.34. The minimum Gasteiger partial charge on any atom is -0.462 e. The fourth-order valence-corrected chi connectivity index (χ4v) is 5.87. The summed E-state index contributed by atoms with van der Waals surface area (Å²) in [5.41, 5.74) is 1.16. The zero-order chi connectivity index (χ0) is 23.2. The third-order valence-corrected chi connectivity index (χ3v) is 7.44. The summed E-state index contributed by atoms with van der Waals surface area (Å²) in [6, 6.07) is 8.85. The number of aromatic nitrogens is 1. The number of hydrogen-bond acceptors (Lipinski definition) is 4. The molecule has 2 aromatic rings. The number of hydrogen-bond donors (Lipinski definition) is 0. The second kappa shape index (κ2) is 8.60. The predicted molar refractivity (Wildman–Crippen MR) is 117 cm³/mol. The van der Waals surface area contributed by atoms with E-state index in [0.717, 1.165) is 37.3 Å². The number of rotatable bonds is 3. The van der Waals surface area contributed by atoms with Gasteiger partial charge in [-0.1, -0.05) is 24.3 Å². The number of nitrogens with zero attached hydrogens (tertiary/aromatic N) is 1. The molecule has 1 aromatic heterocycles. The molecule has 2 saturated heterocycles. The molecule has 0 spiro atoms. The molecule has 3 fully saturated rings. The highest BCUT2D eigenvalue weighted by molar-refractivity contribution is 5.75. The number of fused-ring (bicyclic) bond motifs is 2. The van der Waals surface area contributed by atoms with Crippen molar-refractivity contribution in [3.05, 3.63) is 59.9 Å². The van der Waals surface area contributed by atoms with Crippen molar-refractivity contribution in [2.45, 2.75) is 32.0 Å². The van der Waals surface area contributed by atoms with Crippen LogP contribution in [-0.2, 0) is 20.4 Å². The molecule has 3 heterocycles. The number of pyridine rings is 1. The molecule has 6 atom stereocenters. The van der Waals surface area contributed by atoms with Gasteiger partial charge in [-0.3, -0.25) is 9.78 Å². The fourth-order valence-electron chi connectivity index (χ4n) is 5.87. The van der Waals surface area contributed by atoms with E-state index in [0.29, 0.717) is 29.6 Å². The quantitative estimate of drug-likeness (QED) is 0.561. The minimum absolute atomic E-state index is 0.0890. The fraction of sp³-hybridized carbons (Fsp3) is 0.462. The van der Waals surface area contributed by atoms with Crippen LogP contribution in [0.2, 0.25) is 0 Å². The molecule has 0 amide bonds. The molecule has 5 unspecified atom stereocenters. The summed E-state index contributed by atoms with van der Waals surface area (Å²) in [6.07, 6.45) is 3.01. The van der Waals surface area contributed by atoms with Gasteiger partial charge in [0, 0.05) is 30.9 Å². The van der Waals surface area contributed by atoms with Crippen molar-refractivity contribution in [2.24, 2.45) is 29.6 Å². The molecular weight excluding hydrogens is 431 g/mol. The van der Waals surface area contributed by atoms with Crippen molar-refractivity contribution < 1.29 is 27.4 Å². The van der Waals surface area contributed by atoms with E-state index in [2.05, 4.69) is 11.1 Å². The molecule has 1 aliphatic carbocycles. The molecule has 1 aromatic carbocycles. The Hall–Kier alpha value is -2.67. The number of carbonyl (C=O) groups excluding carboxylic acids is 1. The lowest BCUT2D eigenvalue weighted by Gasteiger charge is -2.45. The van der Waals surface area contributed by atoms with Gasteiger partial charge in [-0.05, 0) is 67.4 Å². The van der Waals surface area contributed by atoms with Gasteiger partial charge in [0.05, 0.1) is 17.2 Å². The van der Waals surface area contributed by atoms with Gasteiger partial charge in [-0.2, -0.15) is 13.2 Å². The molecule has 0 N–H and O–H groups in total. The van der Waals surface area contributed by atoms with Crippen LogP contribution in [0.4, 0.5) is 13.2 Å². The monoisotopic (exact) mass is 457 g/mol. The van der Waals surface area contributed by atoms with E-state index < -0.39 is 11.7 Å². The predicted octanol–water partition coefficient (Wildman–Crippen LogP) is 5.63. The number of halogens is 3. The van der Waals surface area contributed by atoms with Crippen LogP contribution in [0, 0.1) is 29.6 Å². The van der Waals surface area contributed by atoms with Crippen molar-refractivity contribution in [3.8, 4) is 11.1 Å². The van der Waals surface area contributed by atoms with E-state index in [-0.39, 0.29) is 29.8 Å². The molecule has 3 aliphatic rings. The third-order valence-electron chi connectivity index (χ3n) is 7.44. The molecule has 1 saturated carbocycles. The highest BCUT2D eigenvalue weighted by Crippen LogP contribution is 2.51. The average Bonchev–Trinajstić information content (AvgIpc) is 3.09. The first-order valence-electron chi connectivity index (χ1n) is 11.4. The van der Waals surface area contributed by atoms with E-state index in [1.165, 1.54) is 6.07 Å². The molecule has 0 radical (unpaired) electrons. The van der Waals surface area contributed by atoms with Gasteiger partial charge in [0.1, 0.15) is 6.10 Å². The summed E-state index contributed by atoms with van der Waals surface area (Å²) in [4.78, 5) is 16.9. The lowest BCUT2D eigenvalue weighted by atomic mass is 9.60. The van der Waals surface area contributed by atoms with Gasteiger partial charge >= 0.3 is 12.1 Å². The zero-order valence-electron chi connectivity index (χ0n) is 18.3. The van der Waals surface area contributed by atoms with Gasteiger partial charge in [-0.25, -0.2) is 0 Å². The first-order valence-corrected chi connectivity index (χ1v) is 11.4. The minimum atomic E-state index is -4.38. The largest absolute Gasteiger partial charge is 0.462 e. The highest BCUT2D eigenvalue weighted by atomic mass is 19.4. The molecule has 4 nitrogen and oxygen atoms in total. The smallest absolute Gasteiger partial charge is 0.416 e. The molecule has 5 rings (SSSR count). The van der Waals surface area contributed by atoms with Gasteiger partial charge in [0.15, 0.2) is 0 Å². The second-order valence-corrected chi connectivity index (χ2v) is 9.34. The van der Waals surface area contributed by atoms with Crippen LogP contribution in [0.25, 0.3) is 17.2 Å². The van der Waals surface area contributed by atoms with Gasteiger partial charge in [0.25, 0.3) is 0 Å². The molecule has 7 heteroatoms. The number of ether oxygens (including phenoxy) is 2. The van der Waals surface area contributed by atoms with Crippen molar-refractivity contribution >= 4 is 12.0 Å². The summed E-state index contributed by atoms with van der Waals surface area (Å²) in [6.45, 7) is 3.39. The summed E-state index contributed by atoms with van der Waals surface area (Å²) in [7, 11) is 0. The van der Waals surface area contributed by atoms with Crippen LogP contribution in [0.1, 0.15) is 31.0 Å². The number of cyclic esters (lactones) is 1. The topological polar surface area (TPSA) is 48.4 Å². The zero-order valence-corrected chi connectivity index (χ0v) is 18.3. The lowest BCUT2D eigenvalue weighted by Crippen LogP contribution is -2.45. The molecule has 174 valence electrons. The standard InChI is InChI=1S/C26H26F3NO3/c1-15-24-22(21-9-10-32-14-18(21)12-23(24)25(31)33-15)8-7-20-6-5-17(13-30-20)16-3-2-4-19(11-16)26(27,28)29/h2-8,11,13,15,18,21-24H,9-10,12,14H2,1H3/b8-7+/t15-,18?,21?,22?,23?,24?/m1/s1. The first-order chi connectivity index (χ1) is 15.8. The summed E-state index contributed by atoms with van der Waals surface area (Å²) in [5.74, 6) is 0.954. The Morgan fingerprint density at radius 3 is 2.76 bits per heavy atom. The van der Waals surface area contributed by atoms with E-state index in [1.807, 2.05) is 19.1 Å².